The van der Waals surface area contributed by atoms with Gasteiger partial charge in [0, 0.05) is 18.0 Å². The fourth-order valence-corrected chi connectivity index (χ4v) is 1.47. The number of nitrogens with zero attached hydrogens (tertiary/aromatic N) is 2. The Morgan fingerprint density at radius 2 is 2.21 bits per heavy atom. The van der Waals surface area contributed by atoms with Crippen LogP contribution < -0.4 is 16.6 Å². The molecule has 1 heterocycles. The molecule has 0 atom stereocenters. The van der Waals surface area contributed by atoms with E-state index in [0.717, 1.165) is 10.6 Å². The van der Waals surface area contributed by atoms with Gasteiger partial charge in [-0.2, -0.15) is 0 Å². The van der Waals surface area contributed by atoms with Crippen LogP contribution in [-0.2, 0) is 11.3 Å². The van der Waals surface area contributed by atoms with Gasteiger partial charge in [0.15, 0.2) is 0 Å². The Labute approximate surface area is 107 Å². The van der Waals surface area contributed by atoms with Crippen molar-refractivity contribution in [2.45, 2.75) is 6.54 Å². The molecule has 0 aliphatic carbocycles. The van der Waals surface area contributed by atoms with Gasteiger partial charge < -0.3 is 11.1 Å². The summed E-state index contributed by atoms with van der Waals surface area (Å²) in [6.45, 7) is -0.177. The van der Waals surface area contributed by atoms with Crippen molar-refractivity contribution in [3.8, 4) is 0 Å². The largest absolute Gasteiger partial charge is 0.396 e. The summed E-state index contributed by atoms with van der Waals surface area (Å²) >= 11 is 0. The number of anilines is 2. The molecule has 2 rings (SSSR count). The molecule has 1 aromatic heterocycles. The van der Waals surface area contributed by atoms with Crippen molar-refractivity contribution in [3.05, 3.63) is 53.0 Å². The van der Waals surface area contributed by atoms with E-state index in [1.807, 2.05) is 0 Å². The van der Waals surface area contributed by atoms with Gasteiger partial charge in [-0.25, -0.2) is 9.37 Å². The molecule has 19 heavy (non-hydrogen) atoms. The summed E-state index contributed by atoms with van der Waals surface area (Å²) in [6, 6.07) is 5.10. The number of hydrogen-bond acceptors (Lipinski definition) is 4. The maximum absolute atomic E-state index is 12.9. The lowest BCUT2D eigenvalue weighted by atomic mass is 10.2. The highest BCUT2D eigenvalue weighted by Gasteiger charge is 2.06. The molecule has 2 aromatic rings. The highest BCUT2D eigenvalue weighted by atomic mass is 19.1. The van der Waals surface area contributed by atoms with Crippen molar-refractivity contribution < 1.29 is 9.18 Å². The second-order valence-electron chi connectivity index (χ2n) is 3.83. The number of rotatable bonds is 3. The molecule has 0 bridgehead atoms. The number of halogens is 1. The van der Waals surface area contributed by atoms with Gasteiger partial charge >= 0.3 is 0 Å². The van der Waals surface area contributed by atoms with Crippen molar-refractivity contribution in [2.24, 2.45) is 0 Å². The van der Waals surface area contributed by atoms with Crippen molar-refractivity contribution in [1.82, 2.24) is 9.55 Å². The number of nitrogens with two attached hydrogens (primary N) is 1. The van der Waals surface area contributed by atoms with E-state index in [1.165, 1.54) is 30.7 Å². The van der Waals surface area contributed by atoms with Crippen LogP contribution in [0.3, 0.4) is 0 Å². The van der Waals surface area contributed by atoms with Crippen LogP contribution >= 0.6 is 0 Å². The molecular formula is C12H11FN4O2. The average molecular weight is 262 g/mol. The Kier molecular flexibility index (Phi) is 3.56. The fraction of sp³-hybridized carbons (Fsp3) is 0.0833. The minimum atomic E-state index is -0.554. The SMILES string of the molecule is Nc1cc(NC(=O)Cn2cnccc2=O)ccc1F. The molecule has 1 amide bonds. The van der Waals surface area contributed by atoms with E-state index < -0.39 is 11.7 Å². The zero-order valence-electron chi connectivity index (χ0n) is 9.84. The number of carbonyl (C=O) groups excluding carboxylic acids is 1. The lowest BCUT2D eigenvalue weighted by Gasteiger charge is -2.07. The van der Waals surface area contributed by atoms with Crippen LogP contribution in [0.25, 0.3) is 0 Å². The fourth-order valence-electron chi connectivity index (χ4n) is 1.47. The molecule has 0 aliphatic rings. The Morgan fingerprint density at radius 3 is 2.89 bits per heavy atom. The third-order valence-electron chi connectivity index (χ3n) is 2.39. The smallest absolute Gasteiger partial charge is 0.253 e. The number of hydrogen-bond donors (Lipinski definition) is 2. The van der Waals surface area contributed by atoms with E-state index >= 15 is 0 Å². The van der Waals surface area contributed by atoms with Crippen LogP contribution in [0.15, 0.2) is 41.6 Å². The van der Waals surface area contributed by atoms with Crippen LogP contribution in [0.1, 0.15) is 0 Å². The first-order chi connectivity index (χ1) is 9.06. The van der Waals surface area contributed by atoms with Gasteiger partial charge in [-0.15, -0.1) is 0 Å². The Bertz CT molecular complexity index is 669. The van der Waals surface area contributed by atoms with E-state index in [4.69, 9.17) is 5.73 Å². The van der Waals surface area contributed by atoms with Gasteiger partial charge in [-0.3, -0.25) is 14.2 Å². The molecule has 0 fully saturated rings. The second kappa shape index (κ2) is 5.30. The third kappa shape index (κ3) is 3.15. The van der Waals surface area contributed by atoms with E-state index in [2.05, 4.69) is 10.3 Å². The number of benzene rings is 1. The predicted molar refractivity (Wildman–Crippen MR) is 67.9 cm³/mol. The molecular weight excluding hydrogens is 251 g/mol. The number of aromatic nitrogens is 2. The molecule has 0 spiro atoms. The van der Waals surface area contributed by atoms with E-state index in [9.17, 15) is 14.0 Å². The van der Waals surface area contributed by atoms with Crippen LogP contribution in [0, 0.1) is 5.82 Å². The summed E-state index contributed by atoms with van der Waals surface area (Å²) in [4.78, 5) is 26.8. The van der Waals surface area contributed by atoms with Crippen LogP contribution in [0.5, 0.6) is 0 Å². The van der Waals surface area contributed by atoms with Crippen molar-refractivity contribution in [2.75, 3.05) is 11.1 Å². The van der Waals surface area contributed by atoms with E-state index in [1.54, 1.807) is 0 Å². The van der Waals surface area contributed by atoms with Crippen LogP contribution in [0.2, 0.25) is 0 Å². The molecule has 0 unspecified atom stereocenters. The lowest BCUT2D eigenvalue weighted by molar-refractivity contribution is -0.116. The summed E-state index contributed by atoms with van der Waals surface area (Å²) in [6.07, 6.45) is 2.61. The summed E-state index contributed by atoms with van der Waals surface area (Å²) in [7, 11) is 0. The van der Waals surface area contributed by atoms with E-state index in [-0.39, 0.29) is 17.8 Å². The number of carbonyl (C=O) groups is 1. The first kappa shape index (κ1) is 12.7. The molecule has 0 saturated carbocycles. The Morgan fingerprint density at radius 1 is 1.42 bits per heavy atom. The van der Waals surface area contributed by atoms with Crippen molar-refractivity contribution >= 4 is 17.3 Å². The summed E-state index contributed by atoms with van der Waals surface area (Å²) < 4.78 is 14.1. The average Bonchev–Trinajstić information content (AvgIpc) is 2.37. The summed E-state index contributed by atoms with van der Waals surface area (Å²) in [5, 5.41) is 2.51. The molecule has 0 aliphatic heterocycles. The van der Waals surface area contributed by atoms with E-state index in [0.29, 0.717) is 5.69 Å². The number of nitrogens with one attached hydrogen (secondary N) is 1. The van der Waals surface area contributed by atoms with Crippen LogP contribution in [-0.4, -0.2) is 15.5 Å². The standard InChI is InChI=1S/C12H11FN4O2/c13-9-2-1-8(5-10(9)14)16-11(18)6-17-7-15-4-3-12(17)19/h1-5,7H,6,14H2,(H,16,18). The van der Waals surface area contributed by atoms with Gasteiger partial charge in [-0.1, -0.05) is 0 Å². The quantitative estimate of drug-likeness (QED) is 0.793. The maximum atomic E-state index is 12.9. The highest BCUT2D eigenvalue weighted by molar-refractivity contribution is 5.91. The molecule has 0 saturated heterocycles. The minimum absolute atomic E-state index is 0.0589. The molecule has 0 radical (unpaired) electrons. The van der Waals surface area contributed by atoms with Crippen LogP contribution in [0.4, 0.5) is 15.8 Å². The first-order valence-electron chi connectivity index (χ1n) is 5.41. The zero-order chi connectivity index (χ0) is 13.8. The molecule has 98 valence electrons. The minimum Gasteiger partial charge on any atom is -0.396 e. The van der Waals surface area contributed by atoms with Gasteiger partial charge in [0.25, 0.3) is 5.56 Å². The van der Waals surface area contributed by atoms with Gasteiger partial charge in [0.1, 0.15) is 12.4 Å². The molecule has 1 aromatic carbocycles. The molecule has 3 N–H and O–H groups in total. The molecule has 7 heteroatoms. The maximum Gasteiger partial charge on any atom is 0.253 e. The first-order valence-corrected chi connectivity index (χ1v) is 5.41. The summed E-state index contributed by atoms with van der Waals surface area (Å²) in [5.41, 5.74) is 5.35. The van der Waals surface area contributed by atoms with Crippen molar-refractivity contribution in [1.29, 1.82) is 0 Å². The molecule has 6 nitrogen and oxygen atoms in total. The number of nitrogen functional groups attached to an aromatic ring is 1. The Hall–Kier alpha value is -2.70. The normalized spacial score (nSPS) is 10.2. The van der Waals surface area contributed by atoms with Gasteiger partial charge in [0.05, 0.1) is 12.0 Å². The Balaban J connectivity index is 2.08. The highest BCUT2D eigenvalue weighted by Crippen LogP contribution is 2.16. The monoisotopic (exact) mass is 262 g/mol. The van der Waals surface area contributed by atoms with Gasteiger partial charge in [0.2, 0.25) is 5.91 Å². The van der Waals surface area contributed by atoms with Gasteiger partial charge in [-0.05, 0) is 18.2 Å². The predicted octanol–water partition coefficient (Wildman–Crippen LogP) is 0.603. The summed E-state index contributed by atoms with van der Waals surface area (Å²) in [5.74, 6) is -0.984. The lowest BCUT2D eigenvalue weighted by Crippen LogP contribution is -2.27. The second-order valence-corrected chi connectivity index (χ2v) is 3.83. The number of amides is 1. The topological polar surface area (TPSA) is 90.0 Å². The third-order valence-corrected chi connectivity index (χ3v) is 2.39. The zero-order valence-corrected chi connectivity index (χ0v) is 9.84. The van der Waals surface area contributed by atoms with Crippen molar-refractivity contribution in [3.63, 3.8) is 0 Å².